The van der Waals surface area contributed by atoms with Gasteiger partial charge >= 0.3 is 0 Å². The molecular formula is C14H21ClN2O2. The van der Waals surface area contributed by atoms with E-state index in [9.17, 15) is 4.79 Å². The zero-order chi connectivity index (χ0) is 12.8. The monoisotopic (exact) mass is 284 g/mol. The summed E-state index contributed by atoms with van der Waals surface area (Å²) >= 11 is 0. The summed E-state index contributed by atoms with van der Waals surface area (Å²) in [6.07, 6.45) is 2.16. The highest BCUT2D eigenvalue weighted by Crippen LogP contribution is 2.11. The van der Waals surface area contributed by atoms with Gasteiger partial charge in [0.25, 0.3) is 5.91 Å². The zero-order valence-corrected chi connectivity index (χ0v) is 12.0. The van der Waals surface area contributed by atoms with E-state index in [1.54, 1.807) is 0 Å². The number of amides is 1. The van der Waals surface area contributed by atoms with E-state index in [2.05, 4.69) is 10.6 Å². The van der Waals surface area contributed by atoms with E-state index in [1.165, 1.54) is 5.56 Å². The van der Waals surface area contributed by atoms with Crippen molar-refractivity contribution in [3.63, 3.8) is 0 Å². The Labute approximate surface area is 120 Å². The van der Waals surface area contributed by atoms with Crippen LogP contribution in [0.2, 0.25) is 0 Å². The molecule has 0 aliphatic carbocycles. The molecule has 0 radical (unpaired) electrons. The molecule has 1 aromatic carbocycles. The lowest BCUT2D eigenvalue weighted by atomic mass is 10.1. The topological polar surface area (TPSA) is 50.4 Å². The maximum Gasteiger partial charge on any atom is 0.258 e. The number of aryl methyl sites for hydroxylation is 1. The Hall–Kier alpha value is -1.26. The molecule has 1 aliphatic heterocycles. The van der Waals surface area contributed by atoms with Crippen LogP contribution >= 0.6 is 12.4 Å². The Morgan fingerprint density at radius 1 is 1.42 bits per heavy atom. The van der Waals surface area contributed by atoms with Crippen molar-refractivity contribution in [3.8, 4) is 5.75 Å². The molecule has 0 saturated carbocycles. The fourth-order valence-electron chi connectivity index (χ4n) is 2.03. The summed E-state index contributed by atoms with van der Waals surface area (Å²) in [7, 11) is 0. The quantitative estimate of drug-likeness (QED) is 0.884. The minimum absolute atomic E-state index is 0. The molecule has 106 valence electrons. The Bertz CT molecular complexity index is 389. The fourth-order valence-corrected chi connectivity index (χ4v) is 2.03. The van der Waals surface area contributed by atoms with Crippen molar-refractivity contribution >= 4 is 18.3 Å². The van der Waals surface area contributed by atoms with E-state index in [-0.39, 0.29) is 31.0 Å². The second kappa shape index (κ2) is 8.02. The summed E-state index contributed by atoms with van der Waals surface area (Å²) in [5.41, 5.74) is 1.18. The number of hydrogen-bond donors (Lipinski definition) is 2. The zero-order valence-electron chi connectivity index (χ0n) is 11.1. The Morgan fingerprint density at radius 3 is 2.79 bits per heavy atom. The lowest BCUT2D eigenvalue weighted by molar-refractivity contribution is -0.123. The van der Waals surface area contributed by atoms with Gasteiger partial charge in [-0.2, -0.15) is 0 Å². The highest BCUT2D eigenvalue weighted by atomic mass is 35.5. The van der Waals surface area contributed by atoms with Gasteiger partial charge in [0.05, 0.1) is 0 Å². The molecule has 1 amide bonds. The molecule has 1 aromatic rings. The summed E-state index contributed by atoms with van der Waals surface area (Å²) in [5.74, 6) is 0.682. The second-order valence-corrected chi connectivity index (χ2v) is 4.71. The van der Waals surface area contributed by atoms with Crippen LogP contribution in [0.1, 0.15) is 18.4 Å². The number of piperidine rings is 1. The molecule has 1 aliphatic rings. The number of carbonyl (C=O) groups is 1. The minimum atomic E-state index is -0.0516. The maximum absolute atomic E-state index is 11.7. The third kappa shape index (κ3) is 5.49. The predicted molar refractivity (Wildman–Crippen MR) is 78.0 cm³/mol. The number of carbonyl (C=O) groups excluding carboxylic acids is 1. The number of nitrogens with one attached hydrogen (secondary N) is 2. The molecule has 1 heterocycles. The SMILES string of the molecule is Cc1ccc(OCC(=O)NC2CCCNC2)cc1.Cl. The number of rotatable bonds is 4. The third-order valence-corrected chi connectivity index (χ3v) is 3.05. The molecule has 4 nitrogen and oxygen atoms in total. The molecule has 19 heavy (non-hydrogen) atoms. The van der Waals surface area contributed by atoms with E-state index in [0.29, 0.717) is 0 Å². The van der Waals surface area contributed by atoms with Crippen molar-refractivity contribution in [1.29, 1.82) is 0 Å². The average Bonchev–Trinajstić information content (AvgIpc) is 2.39. The maximum atomic E-state index is 11.7. The second-order valence-electron chi connectivity index (χ2n) is 4.71. The lowest BCUT2D eigenvalue weighted by Crippen LogP contribution is -2.46. The Balaban J connectivity index is 0.00000180. The molecule has 2 rings (SSSR count). The summed E-state index contributed by atoms with van der Waals surface area (Å²) in [4.78, 5) is 11.7. The van der Waals surface area contributed by atoms with Crippen LogP contribution in [0.25, 0.3) is 0 Å². The highest BCUT2D eigenvalue weighted by molar-refractivity contribution is 5.85. The van der Waals surface area contributed by atoms with E-state index >= 15 is 0 Å². The van der Waals surface area contributed by atoms with Gasteiger partial charge in [0, 0.05) is 12.6 Å². The molecule has 1 unspecified atom stereocenters. The van der Waals surface area contributed by atoms with Gasteiger partial charge in [-0.25, -0.2) is 0 Å². The molecule has 2 N–H and O–H groups in total. The number of hydrogen-bond acceptors (Lipinski definition) is 3. The lowest BCUT2D eigenvalue weighted by Gasteiger charge is -2.23. The van der Waals surface area contributed by atoms with Crippen molar-refractivity contribution in [2.24, 2.45) is 0 Å². The van der Waals surface area contributed by atoms with Gasteiger partial charge in [-0.05, 0) is 38.4 Å². The first kappa shape index (κ1) is 15.8. The van der Waals surface area contributed by atoms with Crippen LogP contribution in [0, 0.1) is 6.92 Å². The number of benzene rings is 1. The van der Waals surface area contributed by atoms with Crippen LogP contribution in [-0.4, -0.2) is 31.6 Å². The highest BCUT2D eigenvalue weighted by Gasteiger charge is 2.15. The number of ether oxygens (including phenoxy) is 1. The average molecular weight is 285 g/mol. The smallest absolute Gasteiger partial charge is 0.258 e. The van der Waals surface area contributed by atoms with Crippen LogP contribution < -0.4 is 15.4 Å². The minimum Gasteiger partial charge on any atom is -0.484 e. The molecule has 0 spiro atoms. The van der Waals surface area contributed by atoms with Gasteiger partial charge in [-0.15, -0.1) is 12.4 Å². The van der Waals surface area contributed by atoms with Crippen LogP contribution in [0.5, 0.6) is 5.75 Å². The first-order valence-corrected chi connectivity index (χ1v) is 6.43. The van der Waals surface area contributed by atoms with Crippen molar-refractivity contribution in [1.82, 2.24) is 10.6 Å². The van der Waals surface area contributed by atoms with E-state index in [4.69, 9.17) is 4.74 Å². The number of halogens is 1. The van der Waals surface area contributed by atoms with Gasteiger partial charge in [-0.3, -0.25) is 4.79 Å². The van der Waals surface area contributed by atoms with Crippen LogP contribution in [0.15, 0.2) is 24.3 Å². The molecule has 5 heteroatoms. The molecular weight excluding hydrogens is 264 g/mol. The van der Waals surface area contributed by atoms with E-state index in [0.717, 1.165) is 31.7 Å². The van der Waals surface area contributed by atoms with Gasteiger partial charge in [0.1, 0.15) is 5.75 Å². The van der Waals surface area contributed by atoms with Crippen LogP contribution in [0.3, 0.4) is 0 Å². The Kier molecular flexibility index (Phi) is 6.67. The molecule has 0 bridgehead atoms. The van der Waals surface area contributed by atoms with Gasteiger partial charge in [-0.1, -0.05) is 17.7 Å². The predicted octanol–water partition coefficient (Wildman–Crippen LogP) is 1.66. The first-order chi connectivity index (χ1) is 8.74. The molecule has 1 atom stereocenters. The van der Waals surface area contributed by atoms with Crippen LogP contribution in [-0.2, 0) is 4.79 Å². The third-order valence-electron chi connectivity index (χ3n) is 3.05. The van der Waals surface area contributed by atoms with Crippen molar-refractivity contribution in [3.05, 3.63) is 29.8 Å². The van der Waals surface area contributed by atoms with Crippen molar-refractivity contribution in [2.45, 2.75) is 25.8 Å². The summed E-state index contributed by atoms with van der Waals surface area (Å²) in [5, 5.41) is 6.24. The largest absolute Gasteiger partial charge is 0.484 e. The van der Waals surface area contributed by atoms with Crippen LogP contribution in [0.4, 0.5) is 0 Å². The Morgan fingerprint density at radius 2 is 2.16 bits per heavy atom. The molecule has 1 saturated heterocycles. The summed E-state index contributed by atoms with van der Waals surface area (Å²) < 4.78 is 5.43. The molecule has 0 aromatic heterocycles. The summed E-state index contributed by atoms with van der Waals surface area (Å²) in [6, 6.07) is 7.94. The normalized spacial score (nSPS) is 18.3. The van der Waals surface area contributed by atoms with Gasteiger partial charge in [0.2, 0.25) is 0 Å². The summed E-state index contributed by atoms with van der Waals surface area (Å²) in [6.45, 7) is 4.01. The van der Waals surface area contributed by atoms with Crippen molar-refractivity contribution in [2.75, 3.05) is 19.7 Å². The fraction of sp³-hybridized carbons (Fsp3) is 0.500. The standard InChI is InChI=1S/C14H20N2O2.ClH/c1-11-4-6-13(7-5-11)18-10-14(17)16-12-3-2-8-15-9-12;/h4-7,12,15H,2-3,8-10H2,1H3,(H,16,17);1H. The van der Waals surface area contributed by atoms with Gasteiger partial charge in [0.15, 0.2) is 6.61 Å². The van der Waals surface area contributed by atoms with Crippen molar-refractivity contribution < 1.29 is 9.53 Å². The van der Waals surface area contributed by atoms with Gasteiger partial charge < -0.3 is 15.4 Å². The van der Waals surface area contributed by atoms with E-state index in [1.807, 2.05) is 31.2 Å². The first-order valence-electron chi connectivity index (χ1n) is 6.43. The van der Waals surface area contributed by atoms with E-state index < -0.39 is 0 Å². The molecule has 1 fully saturated rings.